The molecule has 2 rings (SSSR count). The van der Waals surface area contributed by atoms with E-state index in [-0.39, 0.29) is 17.7 Å². The minimum Gasteiger partial charge on any atom is -0.496 e. The van der Waals surface area contributed by atoms with Crippen molar-refractivity contribution >= 4 is 6.01 Å². The summed E-state index contributed by atoms with van der Waals surface area (Å²) in [5.41, 5.74) is 6.78. The van der Waals surface area contributed by atoms with Crippen molar-refractivity contribution in [2.45, 2.75) is 19.8 Å². The number of halogens is 1. The van der Waals surface area contributed by atoms with E-state index >= 15 is 0 Å². The lowest BCUT2D eigenvalue weighted by atomic mass is 10.0. The molecule has 1 aromatic carbocycles. The summed E-state index contributed by atoms with van der Waals surface area (Å²) in [6, 6.07) is 4.30. The molecule has 5 heteroatoms. The topological polar surface area (TPSA) is 61.3 Å². The van der Waals surface area contributed by atoms with E-state index in [1.54, 1.807) is 6.07 Å². The van der Waals surface area contributed by atoms with Crippen LogP contribution in [-0.4, -0.2) is 12.1 Å². The summed E-state index contributed by atoms with van der Waals surface area (Å²) in [5.74, 6) is 0.734. The van der Waals surface area contributed by atoms with Gasteiger partial charge in [-0.05, 0) is 24.1 Å². The average Bonchev–Trinajstić information content (AvgIpc) is 2.71. The lowest BCUT2D eigenvalue weighted by Crippen LogP contribution is -1.94. The summed E-state index contributed by atoms with van der Waals surface area (Å²) in [7, 11) is 1.52. The highest BCUT2D eigenvalue weighted by molar-refractivity contribution is 5.69. The number of aromatic nitrogens is 1. The fraction of sp³-hybridized carbons (Fsp3) is 0.308. The van der Waals surface area contributed by atoms with Gasteiger partial charge in [0.05, 0.1) is 18.4 Å². The van der Waals surface area contributed by atoms with Crippen molar-refractivity contribution in [1.82, 2.24) is 4.98 Å². The van der Waals surface area contributed by atoms with E-state index < -0.39 is 0 Å². The first-order valence-corrected chi connectivity index (χ1v) is 5.63. The van der Waals surface area contributed by atoms with Crippen molar-refractivity contribution in [2.24, 2.45) is 0 Å². The number of nitrogen functional groups attached to an aromatic ring is 1. The van der Waals surface area contributed by atoms with Gasteiger partial charge in [-0.3, -0.25) is 0 Å². The maximum Gasteiger partial charge on any atom is 0.292 e. The molecule has 0 amide bonds. The van der Waals surface area contributed by atoms with E-state index in [2.05, 4.69) is 4.98 Å². The van der Waals surface area contributed by atoms with Crippen molar-refractivity contribution < 1.29 is 13.5 Å². The predicted octanol–water partition coefficient (Wildman–Crippen LogP) is 3.19. The minimum absolute atomic E-state index is 0.0695. The lowest BCUT2D eigenvalue weighted by molar-refractivity contribution is 0.413. The first-order chi connectivity index (χ1) is 8.52. The molecule has 0 aliphatic rings. The maximum atomic E-state index is 13.4. The number of rotatable bonds is 3. The molecule has 2 aromatic rings. The van der Waals surface area contributed by atoms with Gasteiger partial charge in [0.15, 0.2) is 5.76 Å². The van der Waals surface area contributed by atoms with Crippen LogP contribution >= 0.6 is 0 Å². The van der Waals surface area contributed by atoms with Crippen LogP contribution < -0.4 is 10.5 Å². The van der Waals surface area contributed by atoms with Crippen molar-refractivity contribution in [2.75, 3.05) is 12.8 Å². The molecular formula is C13H15FN2O2. The highest BCUT2D eigenvalue weighted by Gasteiger charge is 2.20. The molecule has 0 unspecified atom stereocenters. The van der Waals surface area contributed by atoms with Gasteiger partial charge in [-0.1, -0.05) is 13.8 Å². The molecule has 0 radical (unpaired) electrons. The van der Waals surface area contributed by atoms with Crippen LogP contribution in [0.2, 0.25) is 0 Å². The Morgan fingerprint density at radius 3 is 2.72 bits per heavy atom. The molecule has 2 N–H and O–H groups in total. The monoisotopic (exact) mass is 250 g/mol. The number of ether oxygens (including phenoxy) is 1. The number of methoxy groups -OCH3 is 1. The van der Waals surface area contributed by atoms with Gasteiger partial charge in [0.25, 0.3) is 6.01 Å². The van der Waals surface area contributed by atoms with E-state index in [0.29, 0.717) is 22.8 Å². The van der Waals surface area contributed by atoms with Crippen LogP contribution in [0.3, 0.4) is 0 Å². The third kappa shape index (κ3) is 2.16. The second kappa shape index (κ2) is 4.68. The van der Waals surface area contributed by atoms with Crippen LogP contribution in [0.25, 0.3) is 11.3 Å². The number of anilines is 1. The number of oxazole rings is 1. The number of benzene rings is 1. The van der Waals surface area contributed by atoms with Crippen LogP contribution in [0.5, 0.6) is 5.75 Å². The van der Waals surface area contributed by atoms with Crippen molar-refractivity contribution in [3.63, 3.8) is 0 Å². The molecule has 96 valence electrons. The Hall–Kier alpha value is -2.04. The van der Waals surface area contributed by atoms with Gasteiger partial charge in [-0.15, -0.1) is 0 Å². The minimum atomic E-state index is -0.365. The molecule has 4 nitrogen and oxygen atoms in total. The van der Waals surface area contributed by atoms with E-state index in [9.17, 15) is 4.39 Å². The third-order valence-electron chi connectivity index (χ3n) is 2.62. The Kier molecular flexibility index (Phi) is 3.23. The first kappa shape index (κ1) is 12.4. The molecule has 1 aromatic heterocycles. The van der Waals surface area contributed by atoms with E-state index in [0.717, 1.165) is 0 Å². The molecule has 0 spiro atoms. The van der Waals surface area contributed by atoms with Gasteiger partial charge in [0, 0.05) is 0 Å². The fourth-order valence-electron chi connectivity index (χ4n) is 1.79. The molecule has 18 heavy (non-hydrogen) atoms. The zero-order valence-corrected chi connectivity index (χ0v) is 10.5. The van der Waals surface area contributed by atoms with Crippen molar-refractivity contribution in [3.05, 3.63) is 29.7 Å². The van der Waals surface area contributed by atoms with E-state index in [1.165, 1.54) is 19.2 Å². The molecule has 0 saturated carbocycles. The summed E-state index contributed by atoms with van der Waals surface area (Å²) in [6.07, 6.45) is 0. The highest BCUT2D eigenvalue weighted by Crippen LogP contribution is 2.36. The van der Waals surface area contributed by atoms with Gasteiger partial charge in [0.1, 0.15) is 11.6 Å². The molecule has 0 atom stereocenters. The summed E-state index contributed by atoms with van der Waals surface area (Å²) >= 11 is 0. The molecule has 0 bridgehead atoms. The maximum absolute atomic E-state index is 13.4. The summed E-state index contributed by atoms with van der Waals surface area (Å²) in [5, 5.41) is 0. The largest absolute Gasteiger partial charge is 0.496 e. The molecule has 0 fully saturated rings. The van der Waals surface area contributed by atoms with Crippen LogP contribution in [0.15, 0.2) is 22.6 Å². The van der Waals surface area contributed by atoms with Gasteiger partial charge < -0.3 is 14.9 Å². The Morgan fingerprint density at radius 2 is 2.11 bits per heavy atom. The Labute approximate surface area is 105 Å². The normalized spacial score (nSPS) is 10.9. The van der Waals surface area contributed by atoms with E-state index in [4.69, 9.17) is 14.9 Å². The zero-order valence-electron chi connectivity index (χ0n) is 10.5. The smallest absolute Gasteiger partial charge is 0.292 e. The number of nitrogens with zero attached hydrogens (tertiary/aromatic N) is 1. The fourth-order valence-corrected chi connectivity index (χ4v) is 1.79. The van der Waals surface area contributed by atoms with Crippen LogP contribution in [0.4, 0.5) is 10.4 Å². The summed E-state index contributed by atoms with van der Waals surface area (Å²) in [6.45, 7) is 3.93. The standard InChI is InChI=1S/C13H15FN2O2/c1-7(2)11-12(18-13(15)16-11)9-6-8(14)4-5-10(9)17-3/h4-7H,1-3H3,(H2,15,16). The van der Waals surface area contributed by atoms with Gasteiger partial charge in [-0.25, -0.2) is 4.39 Å². The molecule has 0 aliphatic heterocycles. The van der Waals surface area contributed by atoms with E-state index in [1.807, 2.05) is 13.8 Å². The zero-order chi connectivity index (χ0) is 13.3. The van der Waals surface area contributed by atoms with Crippen molar-refractivity contribution in [1.29, 1.82) is 0 Å². The Balaban J connectivity index is 2.64. The SMILES string of the molecule is COc1ccc(F)cc1-c1oc(N)nc1C(C)C. The molecule has 1 heterocycles. The lowest BCUT2D eigenvalue weighted by Gasteiger charge is -2.08. The second-order valence-corrected chi connectivity index (χ2v) is 4.27. The Morgan fingerprint density at radius 1 is 1.39 bits per heavy atom. The first-order valence-electron chi connectivity index (χ1n) is 5.63. The Bertz CT molecular complexity index is 564. The summed E-state index contributed by atoms with van der Waals surface area (Å²) in [4.78, 5) is 4.12. The van der Waals surface area contributed by atoms with Gasteiger partial charge in [0.2, 0.25) is 0 Å². The molecule has 0 saturated heterocycles. The predicted molar refractivity (Wildman–Crippen MR) is 67.0 cm³/mol. The molecular weight excluding hydrogens is 235 g/mol. The van der Waals surface area contributed by atoms with Crippen LogP contribution in [0, 0.1) is 5.82 Å². The number of hydrogen-bond donors (Lipinski definition) is 1. The van der Waals surface area contributed by atoms with Crippen LogP contribution in [0.1, 0.15) is 25.5 Å². The number of hydrogen-bond acceptors (Lipinski definition) is 4. The average molecular weight is 250 g/mol. The second-order valence-electron chi connectivity index (χ2n) is 4.27. The quantitative estimate of drug-likeness (QED) is 0.908. The number of nitrogens with two attached hydrogens (primary N) is 1. The van der Waals surface area contributed by atoms with Crippen LogP contribution in [-0.2, 0) is 0 Å². The third-order valence-corrected chi connectivity index (χ3v) is 2.62. The van der Waals surface area contributed by atoms with Gasteiger partial charge in [-0.2, -0.15) is 4.98 Å². The summed E-state index contributed by atoms with van der Waals surface area (Å²) < 4.78 is 23.9. The molecule has 0 aliphatic carbocycles. The van der Waals surface area contributed by atoms with Gasteiger partial charge >= 0.3 is 0 Å². The highest BCUT2D eigenvalue weighted by atomic mass is 19.1. The van der Waals surface area contributed by atoms with Crippen molar-refractivity contribution in [3.8, 4) is 17.1 Å².